The average Bonchev–Trinajstić information content (AvgIpc) is 3.10. The molecule has 0 aliphatic heterocycles. The number of ether oxygens (including phenoxy) is 1. The highest BCUT2D eigenvalue weighted by atomic mass is 16.6. The number of aldehydes is 1. The molecule has 0 fully saturated rings. The van der Waals surface area contributed by atoms with Gasteiger partial charge in [0.05, 0.1) is 0 Å². The van der Waals surface area contributed by atoms with Crippen LogP contribution in [0.2, 0.25) is 0 Å². The summed E-state index contributed by atoms with van der Waals surface area (Å²) in [5.74, 6) is -1.78. The first-order valence-electron chi connectivity index (χ1n) is 7.62. The first-order valence-corrected chi connectivity index (χ1v) is 7.62. The Kier molecular flexibility index (Phi) is 4.85. The number of para-hydroxylation sites is 2. The summed E-state index contributed by atoms with van der Waals surface area (Å²) in [5.41, 5.74) is 2.13. The van der Waals surface area contributed by atoms with Crippen LogP contribution in [0, 0.1) is 0 Å². The average molecular weight is 347 g/mol. The summed E-state index contributed by atoms with van der Waals surface area (Å²) in [4.78, 5) is 38.8. The minimum absolute atomic E-state index is 0.0209. The van der Waals surface area contributed by atoms with Crippen LogP contribution in [0.3, 0.4) is 0 Å². The lowest BCUT2D eigenvalue weighted by molar-refractivity contribution is -0.151. The number of carbonyl (C=O) groups excluding carboxylic acids is 3. The normalized spacial score (nSPS) is 11.2. The van der Waals surface area contributed by atoms with Crippen molar-refractivity contribution in [1.82, 2.24) is 4.98 Å². The molecule has 128 valence electrons. The van der Waals surface area contributed by atoms with Gasteiger partial charge >= 0.3 is 11.9 Å². The summed E-state index contributed by atoms with van der Waals surface area (Å²) in [5, 5.41) is 0. The van der Waals surface area contributed by atoms with Crippen molar-refractivity contribution in [3.8, 4) is 0 Å². The monoisotopic (exact) mass is 347 g/mol. The van der Waals surface area contributed by atoms with Crippen LogP contribution >= 0.6 is 0 Å². The lowest BCUT2D eigenvalue weighted by atomic mass is 10.1. The topological polar surface area (TPSA) is 86.5 Å². The van der Waals surface area contributed by atoms with E-state index in [1.54, 1.807) is 48.5 Å². The van der Waals surface area contributed by atoms with Crippen LogP contribution in [0.15, 0.2) is 65.6 Å². The van der Waals surface area contributed by atoms with Gasteiger partial charge in [0.15, 0.2) is 5.58 Å². The molecule has 0 saturated carbocycles. The number of carbonyl (C=O) groups is 3. The molecule has 3 rings (SSSR count). The van der Waals surface area contributed by atoms with Crippen LogP contribution in [0.5, 0.6) is 0 Å². The summed E-state index contributed by atoms with van der Waals surface area (Å²) in [6, 6.07) is 13.5. The maximum absolute atomic E-state index is 12.4. The molecule has 0 saturated heterocycles. The molecule has 0 aliphatic carbocycles. The van der Waals surface area contributed by atoms with Crippen LogP contribution in [-0.4, -0.2) is 23.2 Å². The molecule has 0 aliphatic rings. The minimum atomic E-state index is -0.916. The van der Waals surface area contributed by atoms with Crippen molar-refractivity contribution in [3.63, 3.8) is 0 Å². The Labute approximate surface area is 148 Å². The highest BCUT2D eigenvalue weighted by molar-refractivity contribution is 6.23. The summed E-state index contributed by atoms with van der Waals surface area (Å²) < 4.78 is 10.3. The second kappa shape index (κ2) is 7.40. The van der Waals surface area contributed by atoms with E-state index in [1.807, 2.05) is 0 Å². The fraction of sp³-hybridized carbons (Fsp3) is 0. The first-order chi connectivity index (χ1) is 12.6. The number of esters is 2. The van der Waals surface area contributed by atoms with E-state index < -0.39 is 11.9 Å². The Hall–Kier alpha value is -3.80. The molecular weight excluding hydrogens is 334 g/mol. The molecule has 1 heterocycles. The Bertz CT molecular complexity index is 995. The number of fused-ring (bicyclic) bond motifs is 1. The van der Waals surface area contributed by atoms with E-state index in [0.29, 0.717) is 28.5 Å². The van der Waals surface area contributed by atoms with Crippen LogP contribution in [0.4, 0.5) is 0 Å². The van der Waals surface area contributed by atoms with Crippen molar-refractivity contribution in [3.05, 3.63) is 78.2 Å². The Balaban J connectivity index is 2.06. The third-order valence-electron chi connectivity index (χ3n) is 3.49. The van der Waals surface area contributed by atoms with Crippen molar-refractivity contribution in [2.45, 2.75) is 0 Å². The van der Waals surface area contributed by atoms with E-state index in [4.69, 9.17) is 9.15 Å². The van der Waals surface area contributed by atoms with Crippen molar-refractivity contribution < 1.29 is 23.5 Å². The molecule has 0 radical (unpaired) electrons. The van der Waals surface area contributed by atoms with E-state index in [-0.39, 0.29) is 11.5 Å². The van der Waals surface area contributed by atoms with Crippen molar-refractivity contribution in [2.24, 2.45) is 0 Å². The molecule has 26 heavy (non-hydrogen) atoms. The Morgan fingerprint density at radius 1 is 1.04 bits per heavy atom. The van der Waals surface area contributed by atoms with E-state index in [2.05, 4.69) is 11.6 Å². The molecule has 6 nitrogen and oxygen atoms in total. The quantitative estimate of drug-likeness (QED) is 0.304. The van der Waals surface area contributed by atoms with E-state index in [9.17, 15) is 14.4 Å². The van der Waals surface area contributed by atoms with Crippen LogP contribution in [-0.2, 0) is 14.3 Å². The number of benzene rings is 2. The van der Waals surface area contributed by atoms with Gasteiger partial charge in [-0.3, -0.25) is 4.79 Å². The summed E-state index contributed by atoms with van der Waals surface area (Å²) in [6.07, 6.45) is 3.07. The number of hydrogen-bond acceptors (Lipinski definition) is 6. The van der Waals surface area contributed by atoms with Gasteiger partial charge in [-0.1, -0.05) is 43.0 Å². The Morgan fingerprint density at radius 3 is 2.38 bits per heavy atom. The van der Waals surface area contributed by atoms with E-state index in [0.717, 1.165) is 6.08 Å². The third-order valence-corrected chi connectivity index (χ3v) is 3.49. The van der Waals surface area contributed by atoms with Crippen LogP contribution in [0.1, 0.15) is 21.8 Å². The highest BCUT2D eigenvalue weighted by Crippen LogP contribution is 2.24. The molecule has 3 aromatic rings. The lowest BCUT2D eigenvalue weighted by Crippen LogP contribution is -2.12. The maximum Gasteiger partial charge on any atom is 0.351 e. The van der Waals surface area contributed by atoms with E-state index in [1.165, 1.54) is 6.08 Å². The SMILES string of the molecule is C=CC(=O)OC(=O)C(=Cc1ccc(C=O)cc1)c1nc2ccccc2o1. The largest absolute Gasteiger partial charge is 0.436 e. The van der Waals surface area contributed by atoms with Gasteiger partial charge in [0.25, 0.3) is 0 Å². The van der Waals surface area contributed by atoms with Crippen molar-refractivity contribution in [1.29, 1.82) is 0 Å². The highest BCUT2D eigenvalue weighted by Gasteiger charge is 2.22. The molecule has 0 amide bonds. The third kappa shape index (κ3) is 3.64. The number of hydrogen-bond donors (Lipinski definition) is 0. The van der Waals surface area contributed by atoms with Gasteiger partial charge in [-0.2, -0.15) is 0 Å². The van der Waals surface area contributed by atoms with Crippen molar-refractivity contribution >= 4 is 41.0 Å². The summed E-state index contributed by atoms with van der Waals surface area (Å²) in [6.45, 7) is 3.27. The van der Waals surface area contributed by atoms with Gasteiger partial charge in [0.2, 0.25) is 5.89 Å². The zero-order valence-corrected chi connectivity index (χ0v) is 13.5. The van der Waals surface area contributed by atoms with Gasteiger partial charge in [-0.05, 0) is 23.8 Å². The van der Waals surface area contributed by atoms with Gasteiger partial charge in [0.1, 0.15) is 17.4 Å². The van der Waals surface area contributed by atoms with Crippen molar-refractivity contribution in [2.75, 3.05) is 0 Å². The standard InChI is InChI=1S/C20H13NO5/c1-2-18(23)26-20(24)15(11-13-7-9-14(12-22)10-8-13)19-21-16-5-3-4-6-17(16)25-19/h2-12H,1H2. The zero-order chi connectivity index (χ0) is 18.5. The molecule has 1 aromatic heterocycles. The van der Waals surface area contributed by atoms with Crippen LogP contribution in [0.25, 0.3) is 22.7 Å². The molecule has 0 N–H and O–H groups in total. The van der Waals surface area contributed by atoms with Gasteiger partial charge in [-0.15, -0.1) is 0 Å². The van der Waals surface area contributed by atoms with Gasteiger partial charge in [-0.25, -0.2) is 14.6 Å². The molecule has 0 spiro atoms. The number of oxazole rings is 1. The lowest BCUT2D eigenvalue weighted by Gasteiger charge is -2.03. The molecular formula is C20H13NO5. The minimum Gasteiger partial charge on any atom is -0.436 e. The smallest absolute Gasteiger partial charge is 0.351 e. The molecule has 0 unspecified atom stereocenters. The number of rotatable bonds is 5. The predicted octanol–water partition coefficient (Wildman–Crippen LogP) is 3.44. The molecule has 0 bridgehead atoms. The van der Waals surface area contributed by atoms with Crippen LogP contribution < -0.4 is 0 Å². The molecule has 6 heteroatoms. The zero-order valence-electron chi connectivity index (χ0n) is 13.5. The molecule has 2 aromatic carbocycles. The predicted molar refractivity (Wildman–Crippen MR) is 95.0 cm³/mol. The maximum atomic E-state index is 12.4. The Morgan fingerprint density at radius 2 is 1.73 bits per heavy atom. The second-order valence-electron chi connectivity index (χ2n) is 5.24. The number of aromatic nitrogens is 1. The van der Waals surface area contributed by atoms with Gasteiger partial charge < -0.3 is 9.15 Å². The van der Waals surface area contributed by atoms with Gasteiger partial charge in [0, 0.05) is 11.6 Å². The molecule has 0 atom stereocenters. The second-order valence-corrected chi connectivity index (χ2v) is 5.24. The van der Waals surface area contributed by atoms with E-state index >= 15 is 0 Å². The fourth-order valence-electron chi connectivity index (χ4n) is 2.22. The number of nitrogens with zero attached hydrogens (tertiary/aromatic N) is 1. The fourth-order valence-corrected chi connectivity index (χ4v) is 2.22. The summed E-state index contributed by atoms with van der Waals surface area (Å²) >= 11 is 0. The first kappa shape index (κ1) is 17.0. The summed E-state index contributed by atoms with van der Waals surface area (Å²) in [7, 11) is 0.